The van der Waals surface area contributed by atoms with Crippen molar-refractivity contribution in [3.63, 3.8) is 0 Å². The summed E-state index contributed by atoms with van der Waals surface area (Å²) in [5, 5.41) is 10.7. The second-order valence-electron chi connectivity index (χ2n) is 8.47. The van der Waals surface area contributed by atoms with Gasteiger partial charge in [0, 0.05) is 6.04 Å². The van der Waals surface area contributed by atoms with Gasteiger partial charge in [-0.3, -0.25) is 9.59 Å². The SMILES string of the molecule is COC(=O)CN(C(=O)[C@H](Cc1ccc(C#N)cc1)NS(=O)(=O)c1ccc2ccccc2c1)C1CC1. The van der Waals surface area contributed by atoms with E-state index in [9.17, 15) is 18.0 Å². The zero-order chi connectivity index (χ0) is 25.0. The number of benzene rings is 3. The fourth-order valence-electron chi connectivity index (χ4n) is 3.90. The molecule has 0 heterocycles. The largest absolute Gasteiger partial charge is 0.468 e. The molecule has 4 rings (SSSR count). The molecule has 0 saturated heterocycles. The number of methoxy groups -OCH3 is 1. The van der Waals surface area contributed by atoms with Gasteiger partial charge < -0.3 is 9.64 Å². The second-order valence-corrected chi connectivity index (χ2v) is 10.2. The van der Waals surface area contributed by atoms with Crippen LogP contribution in [0.4, 0.5) is 0 Å². The number of carbonyl (C=O) groups is 2. The van der Waals surface area contributed by atoms with E-state index in [0.29, 0.717) is 11.1 Å². The average Bonchev–Trinajstić information content (AvgIpc) is 3.71. The standard InChI is InChI=1S/C26H25N3O5S/c1-34-25(30)17-29(22-11-12-22)26(31)24(14-18-6-8-19(16-27)9-7-18)28-35(32,33)23-13-10-20-4-2-3-5-21(20)15-23/h2-10,13,15,22,24,28H,11-12,14,17H2,1H3/t24-/m0/s1. The first-order chi connectivity index (χ1) is 16.8. The molecule has 0 bridgehead atoms. The number of esters is 1. The number of fused-ring (bicyclic) bond motifs is 1. The predicted molar refractivity (Wildman–Crippen MR) is 130 cm³/mol. The number of hydrogen-bond donors (Lipinski definition) is 1. The van der Waals surface area contributed by atoms with Crippen LogP contribution in [0.1, 0.15) is 24.0 Å². The third-order valence-electron chi connectivity index (χ3n) is 5.95. The number of carbonyl (C=O) groups excluding carboxylic acids is 2. The Morgan fingerprint density at radius 3 is 2.40 bits per heavy atom. The lowest BCUT2D eigenvalue weighted by atomic mass is 10.0. The van der Waals surface area contributed by atoms with Crippen molar-refractivity contribution in [1.29, 1.82) is 5.26 Å². The van der Waals surface area contributed by atoms with E-state index < -0.39 is 27.9 Å². The van der Waals surface area contributed by atoms with Crippen molar-refractivity contribution in [2.45, 2.75) is 36.2 Å². The van der Waals surface area contributed by atoms with E-state index in [-0.39, 0.29) is 23.9 Å². The molecule has 1 atom stereocenters. The Bertz CT molecular complexity index is 1390. The zero-order valence-electron chi connectivity index (χ0n) is 19.2. The summed E-state index contributed by atoms with van der Waals surface area (Å²) in [5.41, 5.74) is 1.14. The highest BCUT2D eigenvalue weighted by molar-refractivity contribution is 7.89. The maximum absolute atomic E-state index is 13.6. The lowest BCUT2D eigenvalue weighted by Crippen LogP contribution is -2.51. The van der Waals surface area contributed by atoms with E-state index in [1.165, 1.54) is 18.1 Å². The molecule has 0 unspecified atom stereocenters. The minimum absolute atomic E-state index is 0.0415. The van der Waals surface area contributed by atoms with Crippen molar-refractivity contribution in [2.24, 2.45) is 0 Å². The van der Waals surface area contributed by atoms with Crippen molar-refractivity contribution in [2.75, 3.05) is 13.7 Å². The summed E-state index contributed by atoms with van der Waals surface area (Å²) in [5.74, 6) is -1.06. The monoisotopic (exact) mass is 491 g/mol. The maximum Gasteiger partial charge on any atom is 0.325 e. The number of nitrogens with one attached hydrogen (secondary N) is 1. The van der Waals surface area contributed by atoms with E-state index in [1.54, 1.807) is 36.4 Å². The van der Waals surface area contributed by atoms with Crippen LogP contribution >= 0.6 is 0 Å². The van der Waals surface area contributed by atoms with Gasteiger partial charge in [0.15, 0.2) is 0 Å². The van der Waals surface area contributed by atoms with Crippen molar-refractivity contribution >= 4 is 32.7 Å². The molecule has 0 aromatic heterocycles. The summed E-state index contributed by atoms with van der Waals surface area (Å²) >= 11 is 0. The minimum Gasteiger partial charge on any atom is -0.468 e. The van der Waals surface area contributed by atoms with Gasteiger partial charge in [0.1, 0.15) is 12.6 Å². The summed E-state index contributed by atoms with van der Waals surface area (Å²) in [7, 11) is -2.82. The van der Waals surface area contributed by atoms with Crippen LogP contribution in [0.3, 0.4) is 0 Å². The lowest BCUT2D eigenvalue weighted by Gasteiger charge is -2.27. The average molecular weight is 492 g/mol. The molecule has 180 valence electrons. The molecule has 3 aromatic rings. The van der Waals surface area contributed by atoms with Crippen LogP contribution in [0.2, 0.25) is 0 Å². The normalized spacial score (nSPS) is 14.2. The van der Waals surface area contributed by atoms with Crippen LogP contribution in [0.25, 0.3) is 10.8 Å². The predicted octanol–water partition coefficient (Wildman–Crippen LogP) is 2.77. The summed E-state index contributed by atoms with van der Waals surface area (Å²) in [4.78, 5) is 27.0. The summed E-state index contributed by atoms with van der Waals surface area (Å²) in [6, 6.07) is 19.5. The molecular weight excluding hydrogens is 466 g/mol. The molecule has 9 heteroatoms. The van der Waals surface area contributed by atoms with Crippen LogP contribution in [0.5, 0.6) is 0 Å². The second kappa shape index (κ2) is 10.3. The number of hydrogen-bond acceptors (Lipinski definition) is 6. The van der Waals surface area contributed by atoms with E-state index in [2.05, 4.69) is 4.72 Å². The molecule has 1 fully saturated rings. The van der Waals surface area contributed by atoms with Crippen LogP contribution in [-0.4, -0.2) is 50.9 Å². The molecule has 1 saturated carbocycles. The van der Waals surface area contributed by atoms with Gasteiger partial charge in [-0.2, -0.15) is 9.98 Å². The number of amides is 1. The van der Waals surface area contributed by atoms with Crippen molar-refractivity contribution in [3.05, 3.63) is 77.9 Å². The first-order valence-corrected chi connectivity index (χ1v) is 12.7. The van der Waals surface area contributed by atoms with E-state index >= 15 is 0 Å². The molecule has 1 amide bonds. The van der Waals surface area contributed by atoms with Crippen LogP contribution in [0, 0.1) is 11.3 Å². The minimum atomic E-state index is -4.07. The molecule has 1 aliphatic carbocycles. The fraction of sp³-hybridized carbons (Fsp3) is 0.269. The highest BCUT2D eigenvalue weighted by Gasteiger charge is 2.38. The quantitative estimate of drug-likeness (QED) is 0.460. The van der Waals surface area contributed by atoms with Gasteiger partial charge in [-0.05, 0) is 59.9 Å². The van der Waals surface area contributed by atoms with Gasteiger partial charge in [0.2, 0.25) is 15.9 Å². The Hall–Kier alpha value is -3.74. The zero-order valence-corrected chi connectivity index (χ0v) is 20.0. The third kappa shape index (κ3) is 5.85. The number of nitriles is 1. The number of nitrogens with zero attached hydrogens (tertiary/aromatic N) is 2. The number of rotatable bonds is 9. The smallest absolute Gasteiger partial charge is 0.325 e. The van der Waals surface area contributed by atoms with E-state index in [4.69, 9.17) is 10.00 Å². The summed E-state index contributed by atoms with van der Waals surface area (Å²) < 4.78 is 34.0. The first kappa shape index (κ1) is 24.4. The van der Waals surface area contributed by atoms with Gasteiger partial charge >= 0.3 is 5.97 Å². The highest BCUT2D eigenvalue weighted by Crippen LogP contribution is 2.28. The van der Waals surface area contributed by atoms with Gasteiger partial charge in [-0.25, -0.2) is 8.42 Å². The van der Waals surface area contributed by atoms with Crippen LogP contribution < -0.4 is 4.72 Å². The van der Waals surface area contributed by atoms with Crippen molar-refractivity contribution in [1.82, 2.24) is 9.62 Å². The molecular formula is C26H25N3O5S. The van der Waals surface area contributed by atoms with Gasteiger partial charge in [-0.15, -0.1) is 0 Å². The molecule has 3 aromatic carbocycles. The van der Waals surface area contributed by atoms with E-state index in [0.717, 1.165) is 23.6 Å². The third-order valence-corrected chi connectivity index (χ3v) is 7.42. The van der Waals surface area contributed by atoms with Crippen molar-refractivity contribution in [3.8, 4) is 6.07 Å². The Kier molecular flexibility index (Phi) is 7.15. The Morgan fingerprint density at radius 2 is 1.77 bits per heavy atom. The molecule has 0 aliphatic heterocycles. The molecule has 0 radical (unpaired) electrons. The molecule has 1 aliphatic rings. The van der Waals surface area contributed by atoms with Gasteiger partial charge in [-0.1, -0.05) is 42.5 Å². The molecule has 35 heavy (non-hydrogen) atoms. The summed E-state index contributed by atoms with van der Waals surface area (Å²) in [6.07, 6.45) is 1.54. The van der Waals surface area contributed by atoms with Crippen LogP contribution in [0.15, 0.2) is 71.6 Å². The Balaban J connectivity index is 1.65. The van der Waals surface area contributed by atoms with Crippen LogP contribution in [-0.2, 0) is 30.8 Å². The summed E-state index contributed by atoms with van der Waals surface area (Å²) in [6.45, 7) is -0.248. The topological polar surface area (TPSA) is 117 Å². The number of ether oxygens (including phenoxy) is 1. The van der Waals surface area contributed by atoms with Crippen molar-refractivity contribution < 1.29 is 22.7 Å². The number of sulfonamides is 1. The fourth-order valence-corrected chi connectivity index (χ4v) is 5.12. The maximum atomic E-state index is 13.6. The molecule has 0 spiro atoms. The van der Waals surface area contributed by atoms with E-state index in [1.807, 2.05) is 30.3 Å². The van der Waals surface area contributed by atoms with Gasteiger partial charge in [0.25, 0.3) is 0 Å². The molecule has 1 N–H and O–H groups in total. The Labute approximate surface area is 204 Å². The highest BCUT2D eigenvalue weighted by atomic mass is 32.2. The first-order valence-electron chi connectivity index (χ1n) is 11.2. The van der Waals surface area contributed by atoms with Gasteiger partial charge in [0.05, 0.1) is 23.6 Å². The lowest BCUT2D eigenvalue weighted by molar-refractivity contribution is -0.148. The Morgan fingerprint density at radius 1 is 1.09 bits per heavy atom. The molecule has 8 nitrogen and oxygen atoms in total.